The molecule has 0 unspecified atom stereocenters. The van der Waals surface area contributed by atoms with Crippen LogP contribution >= 0.6 is 15.9 Å². The Balaban J connectivity index is 2.95. The lowest BCUT2D eigenvalue weighted by atomic mass is 10.2. The highest BCUT2D eigenvalue weighted by molar-refractivity contribution is 9.10. The minimum atomic E-state index is -4.81. The average Bonchev–Trinajstić information content (AvgIpc) is 2.23. The van der Waals surface area contributed by atoms with Gasteiger partial charge in [-0.15, -0.1) is 13.2 Å². The number of rotatable bonds is 3. The molecule has 1 rings (SSSR count). The van der Waals surface area contributed by atoms with Gasteiger partial charge in [-0.3, -0.25) is 0 Å². The Kier molecular flexibility index (Phi) is 5.44. The molecule has 0 aromatic heterocycles. The van der Waals surface area contributed by atoms with E-state index in [0.29, 0.717) is 4.47 Å². The minimum Gasteiger partial charge on any atom is -0.457 e. The Labute approximate surface area is 128 Å². The van der Waals surface area contributed by atoms with Crippen molar-refractivity contribution < 1.29 is 27.4 Å². The smallest absolute Gasteiger partial charge is 0.457 e. The van der Waals surface area contributed by atoms with Crippen molar-refractivity contribution >= 4 is 28.0 Å². The SMILES string of the molecule is CC(C)(C)OC(=O)/C=C/c1ccc(Br)cc1OC(F)(F)F. The molecule has 1 aromatic rings. The summed E-state index contributed by atoms with van der Waals surface area (Å²) >= 11 is 3.06. The highest BCUT2D eigenvalue weighted by Gasteiger charge is 2.32. The van der Waals surface area contributed by atoms with Gasteiger partial charge in [0.15, 0.2) is 0 Å². The predicted octanol–water partition coefficient (Wildman–Crippen LogP) is 4.70. The zero-order valence-corrected chi connectivity index (χ0v) is 13.2. The van der Waals surface area contributed by atoms with Gasteiger partial charge in [0.2, 0.25) is 0 Å². The van der Waals surface area contributed by atoms with Crippen molar-refractivity contribution in [3.63, 3.8) is 0 Å². The van der Waals surface area contributed by atoms with E-state index in [4.69, 9.17) is 4.74 Å². The molecule has 0 heterocycles. The molecule has 0 aliphatic carbocycles. The summed E-state index contributed by atoms with van der Waals surface area (Å²) in [6.07, 6.45) is -2.55. The molecule has 0 aliphatic heterocycles. The first-order valence-corrected chi connectivity index (χ1v) is 6.72. The van der Waals surface area contributed by atoms with E-state index in [2.05, 4.69) is 20.7 Å². The van der Waals surface area contributed by atoms with Crippen LogP contribution in [0.2, 0.25) is 0 Å². The molecule has 1 aromatic carbocycles. The standard InChI is InChI=1S/C14H14BrF3O3/c1-13(2,3)21-12(19)7-5-9-4-6-10(15)8-11(9)20-14(16,17)18/h4-8H,1-3H3/b7-5+. The summed E-state index contributed by atoms with van der Waals surface area (Å²) in [4.78, 5) is 11.5. The minimum absolute atomic E-state index is 0.112. The second-order valence-corrected chi connectivity index (χ2v) is 6.01. The van der Waals surface area contributed by atoms with E-state index in [1.165, 1.54) is 24.3 Å². The monoisotopic (exact) mass is 366 g/mol. The lowest BCUT2D eigenvalue weighted by molar-refractivity contribution is -0.274. The Morgan fingerprint density at radius 3 is 2.38 bits per heavy atom. The number of hydrogen-bond acceptors (Lipinski definition) is 3. The Hall–Kier alpha value is -1.50. The number of esters is 1. The van der Waals surface area contributed by atoms with Gasteiger partial charge in [0.25, 0.3) is 0 Å². The van der Waals surface area contributed by atoms with Crippen LogP contribution in [0.4, 0.5) is 13.2 Å². The number of carbonyl (C=O) groups is 1. The Morgan fingerprint density at radius 2 is 1.86 bits per heavy atom. The third-order valence-corrected chi connectivity index (χ3v) is 2.50. The van der Waals surface area contributed by atoms with Crippen molar-refractivity contribution in [3.8, 4) is 5.75 Å². The first-order valence-electron chi connectivity index (χ1n) is 5.93. The lowest BCUT2D eigenvalue weighted by Crippen LogP contribution is -2.22. The van der Waals surface area contributed by atoms with Gasteiger partial charge >= 0.3 is 12.3 Å². The maximum atomic E-state index is 12.3. The molecule has 3 nitrogen and oxygen atoms in total. The highest BCUT2D eigenvalue weighted by atomic mass is 79.9. The van der Waals surface area contributed by atoms with Crippen molar-refractivity contribution in [2.24, 2.45) is 0 Å². The van der Waals surface area contributed by atoms with Crippen molar-refractivity contribution in [3.05, 3.63) is 34.3 Å². The molecular weight excluding hydrogens is 353 g/mol. The molecule has 7 heteroatoms. The maximum Gasteiger partial charge on any atom is 0.573 e. The van der Waals surface area contributed by atoms with Crippen LogP contribution < -0.4 is 4.74 Å². The summed E-state index contributed by atoms with van der Waals surface area (Å²) < 4.78 is 46.3. The molecule has 116 valence electrons. The van der Waals surface area contributed by atoms with Gasteiger partial charge in [0, 0.05) is 16.1 Å². The topological polar surface area (TPSA) is 35.5 Å². The zero-order chi connectivity index (χ0) is 16.3. The first-order chi connectivity index (χ1) is 9.46. The molecule has 0 bridgehead atoms. The fourth-order valence-electron chi connectivity index (χ4n) is 1.35. The van der Waals surface area contributed by atoms with Gasteiger partial charge in [-0.05, 0) is 39.0 Å². The van der Waals surface area contributed by atoms with Crippen molar-refractivity contribution in [2.75, 3.05) is 0 Å². The van der Waals surface area contributed by atoms with Gasteiger partial charge in [-0.25, -0.2) is 4.79 Å². The van der Waals surface area contributed by atoms with Gasteiger partial charge in [-0.1, -0.05) is 22.0 Å². The van der Waals surface area contributed by atoms with Gasteiger partial charge in [0.1, 0.15) is 11.4 Å². The van der Waals surface area contributed by atoms with Crippen molar-refractivity contribution in [2.45, 2.75) is 32.7 Å². The molecule has 0 atom stereocenters. The van der Waals surface area contributed by atoms with Crippen molar-refractivity contribution in [1.82, 2.24) is 0 Å². The van der Waals surface area contributed by atoms with Crippen LogP contribution in [0.5, 0.6) is 5.75 Å². The molecule has 0 fully saturated rings. The molecular formula is C14H14BrF3O3. The number of carbonyl (C=O) groups excluding carboxylic acids is 1. The molecule has 0 saturated heterocycles. The molecule has 0 N–H and O–H groups in total. The van der Waals surface area contributed by atoms with Crippen LogP contribution in [0.1, 0.15) is 26.3 Å². The van der Waals surface area contributed by atoms with E-state index < -0.39 is 23.7 Å². The number of benzene rings is 1. The molecule has 0 radical (unpaired) electrons. The lowest BCUT2D eigenvalue weighted by Gasteiger charge is -2.18. The van der Waals surface area contributed by atoms with Gasteiger partial charge in [-0.2, -0.15) is 0 Å². The fourth-order valence-corrected chi connectivity index (χ4v) is 1.69. The third kappa shape index (κ3) is 7.17. The van der Waals surface area contributed by atoms with E-state index in [-0.39, 0.29) is 5.56 Å². The van der Waals surface area contributed by atoms with Crippen molar-refractivity contribution in [1.29, 1.82) is 0 Å². The van der Waals surface area contributed by atoms with Crippen LogP contribution in [0, 0.1) is 0 Å². The van der Waals surface area contributed by atoms with Gasteiger partial charge < -0.3 is 9.47 Å². The summed E-state index contributed by atoms with van der Waals surface area (Å²) in [5, 5.41) is 0. The first kappa shape index (κ1) is 17.6. The second-order valence-electron chi connectivity index (χ2n) is 5.10. The summed E-state index contributed by atoms with van der Waals surface area (Å²) in [7, 11) is 0. The van der Waals surface area contributed by atoms with Crippen LogP contribution in [-0.4, -0.2) is 17.9 Å². The molecule has 0 saturated carbocycles. The van der Waals surface area contributed by atoms with Crippen LogP contribution in [0.25, 0.3) is 6.08 Å². The van der Waals surface area contributed by atoms with E-state index in [1.807, 2.05) is 0 Å². The largest absolute Gasteiger partial charge is 0.573 e. The summed E-state index contributed by atoms with van der Waals surface area (Å²) in [6.45, 7) is 5.07. The van der Waals surface area contributed by atoms with Gasteiger partial charge in [0.05, 0.1) is 0 Å². The predicted molar refractivity (Wildman–Crippen MR) is 75.7 cm³/mol. The molecule has 0 aliphatic rings. The highest BCUT2D eigenvalue weighted by Crippen LogP contribution is 2.30. The quantitative estimate of drug-likeness (QED) is 0.574. The summed E-state index contributed by atoms with van der Waals surface area (Å²) in [5.74, 6) is -1.06. The number of ether oxygens (including phenoxy) is 2. The second kappa shape index (κ2) is 6.51. The van der Waals surface area contributed by atoms with Crippen LogP contribution in [0.15, 0.2) is 28.7 Å². The summed E-state index contributed by atoms with van der Waals surface area (Å²) in [5.41, 5.74) is -0.562. The normalized spacial score (nSPS) is 12.5. The molecule has 0 amide bonds. The van der Waals surface area contributed by atoms with E-state index >= 15 is 0 Å². The molecule has 21 heavy (non-hydrogen) atoms. The maximum absolute atomic E-state index is 12.3. The van der Waals surface area contributed by atoms with E-state index in [0.717, 1.165) is 6.08 Å². The van der Waals surface area contributed by atoms with E-state index in [9.17, 15) is 18.0 Å². The fraction of sp³-hybridized carbons (Fsp3) is 0.357. The Bertz CT molecular complexity index is 545. The van der Waals surface area contributed by atoms with Crippen LogP contribution in [0.3, 0.4) is 0 Å². The van der Waals surface area contributed by atoms with E-state index in [1.54, 1.807) is 20.8 Å². The number of halogens is 4. The zero-order valence-electron chi connectivity index (χ0n) is 11.6. The number of alkyl halides is 3. The number of hydrogen-bond donors (Lipinski definition) is 0. The Morgan fingerprint density at radius 1 is 1.24 bits per heavy atom. The molecule has 0 spiro atoms. The average molecular weight is 367 g/mol. The van der Waals surface area contributed by atoms with Crippen LogP contribution in [-0.2, 0) is 9.53 Å². The third-order valence-electron chi connectivity index (χ3n) is 2.01. The summed E-state index contributed by atoms with van der Waals surface area (Å²) in [6, 6.07) is 4.10.